The largest absolute Gasteiger partial charge is 0.394 e. The molecule has 0 atom stereocenters. The van der Waals surface area contributed by atoms with Gasteiger partial charge in [-0.1, -0.05) is 57.8 Å². The van der Waals surface area contributed by atoms with Crippen molar-refractivity contribution in [3.8, 4) is 0 Å². The van der Waals surface area contributed by atoms with Crippen LogP contribution in [0.1, 0.15) is 137 Å². The van der Waals surface area contributed by atoms with Gasteiger partial charge in [0, 0.05) is 18.6 Å². The van der Waals surface area contributed by atoms with Crippen LogP contribution < -0.4 is 10.6 Å². The molecule has 3 aliphatic carbocycles. The third kappa shape index (κ3) is 8.70. The number of hydrogen-bond acceptors (Lipinski definition) is 5. The lowest BCUT2D eigenvalue weighted by Crippen LogP contribution is -2.61. The highest BCUT2D eigenvalue weighted by Gasteiger charge is 2.46. The molecule has 6 nitrogen and oxygen atoms in total. The van der Waals surface area contributed by atoms with Crippen LogP contribution in [0.3, 0.4) is 0 Å². The Morgan fingerprint density at radius 1 is 0.854 bits per heavy atom. The van der Waals surface area contributed by atoms with Crippen molar-refractivity contribution < 1.29 is 14.6 Å². The van der Waals surface area contributed by atoms with E-state index >= 15 is 0 Å². The summed E-state index contributed by atoms with van der Waals surface area (Å²) in [6.45, 7) is 14.0. The van der Waals surface area contributed by atoms with E-state index in [2.05, 4.69) is 43.2 Å². The quantitative estimate of drug-likeness (QED) is 0.310. The van der Waals surface area contributed by atoms with Gasteiger partial charge in [-0.25, -0.2) is 0 Å². The average Bonchev–Trinajstić information content (AvgIpc) is 3.00. The smallest absolute Gasteiger partial charge is 0.249 e. The second kappa shape index (κ2) is 14.9. The first-order valence-corrected chi connectivity index (χ1v) is 17.6. The lowest BCUT2D eigenvalue weighted by Gasteiger charge is -2.52. The molecule has 5 fully saturated rings. The average molecular weight is 576 g/mol. The fraction of sp³-hybridized carbons (Fsp3) is 0.971. The predicted molar refractivity (Wildman–Crippen MR) is 169 cm³/mol. The number of rotatable bonds is 8. The van der Waals surface area contributed by atoms with E-state index in [1.54, 1.807) is 0 Å². The third-order valence-corrected chi connectivity index (χ3v) is 11.9. The van der Waals surface area contributed by atoms with Crippen LogP contribution in [0, 0.1) is 22.7 Å². The summed E-state index contributed by atoms with van der Waals surface area (Å²) in [5, 5.41) is 16.6. The molecule has 2 heterocycles. The van der Waals surface area contributed by atoms with Crippen molar-refractivity contribution >= 4 is 5.91 Å². The molecule has 5 aliphatic rings. The molecule has 5 rings (SSSR count). The van der Waals surface area contributed by atoms with Crippen LogP contribution in [0.2, 0.25) is 0 Å². The molecule has 0 spiro atoms. The molecule has 0 aromatic heterocycles. The van der Waals surface area contributed by atoms with E-state index in [-0.39, 0.29) is 30.2 Å². The van der Waals surface area contributed by atoms with Crippen LogP contribution in [-0.2, 0) is 9.53 Å². The Morgan fingerprint density at radius 3 is 1.93 bits per heavy atom. The van der Waals surface area contributed by atoms with Gasteiger partial charge in [-0.15, -0.1) is 0 Å². The lowest BCUT2D eigenvalue weighted by molar-refractivity contribution is -0.160. The van der Waals surface area contributed by atoms with Crippen molar-refractivity contribution in [2.45, 2.75) is 148 Å². The summed E-state index contributed by atoms with van der Waals surface area (Å²) in [4.78, 5) is 14.6. The van der Waals surface area contributed by atoms with E-state index in [4.69, 9.17) is 4.74 Å². The Hall–Kier alpha value is -0.690. The second-order valence-electron chi connectivity index (χ2n) is 15.9. The molecule has 6 heteroatoms. The van der Waals surface area contributed by atoms with E-state index in [1.165, 1.54) is 109 Å². The molecule has 0 bridgehead atoms. The normalized spacial score (nSPS) is 27.6. The zero-order chi connectivity index (χ0) is 29.4. The Bertz CT molecular complexity index is 788. The molecule has 0 aromatic rings. The molecule has 2 saturated heterocycles. The van der Waals surface area contributed by atoms with Crippen LogP contribution in [0.4, 0.5) is 0 Å². The Kier molecular flexibility index (Phi) is 12.0. The highest BCUT2D eigenvalue weighted by Crippen LogP contribution is 2.48. The number of ether oxygens (including phenoxy) is 1. The van der Waals surface area contributed by atoms with Crippen molar-refractivity contribution in [1.29, 1.82) is 0 Å². The highest BCUT2D eigenvalue weighted by atomic mass is 16.5. The minimum absolute atomic E-state index is 0.126. The molecule has 0 radical (unpaired) electrons. The van der Waals surface area contributed by atoms with Crippen molar-refractivity contribution in [3.05, 3.63) is 0 Å². The summed E-state index contributed by atoms with van der Waals surface area (Å²) in [7, 11) is 0. The fourth-order valence-electron chi connectivity index (χ4n) is 9.01. The van der Waals surface area contributed by atoms with E-state index in [0.29, 0.717) is 17.4 Å². The number of aliphatic hydroxyl groups is 1. The number of nitrogens with zero attached hydrogens (tertiary/aromatic N) is 1. The van der Waals surface area contributed by atoms with Crippen molar-refractivity contribution in [2.75, 3.05) is 46.0 Å². The van der Waals surface area contributed by atoms with Gasteiger partial charge in [0.25, 0.3) is 0 Å². The van der Waals surface area contributed by atoms with Gasteiger partial charge in [0.1, 0.15) is 6.61 Å². The minimum atomic E-state index is -0.165. The number of morpholine rings is 1. The van der Waals surface area contributed by atoms with E-state index in [1.807, 2.05) is 0 Å². The van der Waals surface area contributed by atoms with Crippen LogP contribution in [0.15, 0.2) is 0 Å². The summed E-state index contributed by atoms with van der Waals surface area (Å²) in [6, 6.07) is 0. The van der Waals surface area contributed by atoms with Gasteiger partial charge in [-0.2, -0.15) is 0 Å². The van der Waals surface area contributed by atoms with Crippen molar-refractivity contribution in [2.24, 2.45) is 22.7 Å². The number of hydrogen-bond donors (Lipinski definition) is 3. The maximum Gasteiger partial charge on any atom is 0.249 e. The van der Waals surface area contributed by atoms with Crippen LogP contribution in [0.5, 0.6) is 0 Å². The molecule has 2 aliphatic heterocycles. The highest BCUT2D eigenvalue weighted by molar-refractivity contribution is 5.79. The third-order valence-electron chi connectivity index (χ3n) is 11.9. The Balaban J connectivity index is 0.000000191. The van der Waals surface area contributed by atoms with E-state index in [9.17, 15) is 9.90 Å². The van der Waals surface area contributed by atoms with Crippen LogP contribution in [-0.4, -0.2) is 73.0 Å². The van der Waals surface area contributed by atoms with Gasteiger partial charge in [0.15, 0.2) is 0 Å². The number of amides is 1. The molecule has 41 heavy (non-hydrogen) atoms. The molecule has 3 saturated carbocycles. The molecular weight excluding hydrogens is 510 g/mol. The SMILES string of the molecule is CC(C)(CO)NCC1(C2CCCCC2)CCCCC1.CC1(C)COCC(=O)N1CC1(C2CCCCC2)CCNCC1. The molecule has 0 aromatic carbocycles. The molecule has 0 unspecified atom stereocenters. The maximum absolute atomic E-state index is 12.5. The van der Waals surface area contributed by atoms with Crippen LogP contribution >= 0.6 is 0 Å². The summed E-state index contributed by atoms with van der Waals surface area (Å²) >= 11 is 0. The first-order chi connectivity index (χ1) is 19.6. The van der Waals surface area contributed by atoms with Gasteiger partial charge in [-0.05, 0) is 115 Å². The lowest BCUT2D eigenvalue weighted by atomic mass is 9.61. The first kappa shape index (κ1) is 33.2. The van der Waals surface area contributed by atoms with E-state index < -0.39 is 0 Å². The fourth-order valence-corrected chi connectivity index (χ4v) is 9.01. The van der Waals surface area contributed by atoms with E-state index in [0.717, 1.165) is 38.0 Å². The second-order valence-corrected chi connectivity index (χ2v) is 15.9. The minimum Gasteiger partial charge on any atom is -0.394 e. The predicted octanol–water partition coefficient (Wildman–Crippen LogP) is 6.45. The van der Waals surface area contributed by atoms with Crippen LogP contribution in [0.25, 0.3) is 0 Å². The molecular formula is C35H65N3O3. The molecule has 3 N–H and O–H groups in total. The Morgan fingerprint density at radius 2 is 1.39 bits per heavy atom. The summed E-state index contributed by atoms with van der Waals surface area (Å²) in [5.41, 5.74) is 0.571. The topological polar surface area (TPSA) is 73.8 Å². The van der Waals surface area contributed by atoms with Gasteiger partial charge < -0.3 is 25.4 Å². The summed E-state index contributed by atoms with van der Waals surface area (Å²) in [5.74, 6) is 1.92. The summed E-state index contributed by atoms with van der Waals surface area (Å²) in [6.07, 6.45) is 23.6. The van der Waals surface area contributed by atoms with Crippen molar-refractivity contribution in [1.82, 2.24) is 15.5 Å². The number of carbonyl (C=O) groups excluding carboxylic acids is 1. The number of aliphatic hydroxyl groups excluding tert-OH is 1. The monoisotopic (exact) mass is 576 g/mol. The van der Waals surface area contributed by atoms with Gasteiger partial charge in [0.05, 0.1) is 18.8 Å². The van der Waals surface area contributed by atoms with Crippen molar-refractivity contribution in [3.63, 3.8) is 0 Å². The molecule has 238 valence electrons. The van der Waals surface area contributed by atoms with Gasteiger partial charge in [0.2, 0.25) is 5.91 Å². The maximum atomic E-state index is 12.5. The zero-order valence-electron chi connectivity index (χ0n) is 27.3. The Labute approximate surface area is 252 Å². The first-order valence-electron chi connectivity index (χ1n) is 17.6. The standard InChI is InChI=1S/C18H32N2O2.C17H33NO/c1-17(2)14-22-12-16(21)20(17)13-18(8-10-19-11-9-18)15-6-4-3-5-7-15;1-16(2,14-19)18-13-17(11-7-4-8-12-17)15-9-5-3-6-10-15/h15,19H,3-14H2,1-2H3;15,18-19H,3-14H2,1-2H3. The summed E-state index contributed by atoms with van der Waals surface area (Å²) < 4.78 is 5.49. The van der Waals surface area contributed by atoms with Gasteiger partial charge in [-0.3, -0.25) is 4.79 Å². The number of piperidine rings is 1. The zero-order valence-corrected chi connectivity index (χ0v) is 27.3. The number of nitrogens with one attached hydrogen (secondary N) is 2. The number of carbonyl (C=O) groups is 1. The van der Waals surface area contributed by atoms with Gasteiger partial charge >= 0.3 is 0 Å². The molecule has 1 amide bonds.